The van der Waals surface area contributed by atoms with Crippen LogP contribution in [0.2, 0.25) is 10.0 Å². The molecule has 8 heteroatoms. The maximum atomic E-state index is 11.6. The molecule has 0 aromatic heterocycles. The number of hydrogen-bond acceptors (Lipinski definition) is 3. The van der Waals surface area contributed by atoms with Crippen LogP contribution < -0.4 is 10.6 Å². The van der Waals surface area contributed by atoms with Crippen molar-refractivity contribution in [3.8, 4) is 0 Å². The Morgan fingerprint density at radius 1 is 1.50 bits per heavy atom. The highest BCUT2D eigenvalue weighted by atomic mass is 35.5. The van der Waals surface area contributed by atoms with Crippen molar-refractivity contribution in [1.82, 2.24) is 10.2 Å². The van der Waals surface area contributed by atoms with Crippen LogP contribution in [0.1, 0.15) is 0 Å². The van der Waals surface area contributed by atoms with Crippen molar-refractivity contribution >= 4 is 52.3 Å². The average Bonchev–Trinajstić information content (AvgIpc) is 2.81. The van der Waals surface area contributed by atoms with Gasteiger partial charge in [-0.15, -0.1) is 0 Å². The maximum Gasteiger partial charge on any atom is 0.411 e. The third-order valence-corrected chi connectivity index (χ3v) is 3.95. The number of anilines is 1. The third kappa shape index (κ3) is 3.88. The lowest BCUT2D eigenvalue weighted by Gasteiger charge is -2.16. The van der Waals surface area contributed by atoms with Crippen LogP contribution in [0.25, 0.3) is 0 Å². The summed E-state index contributed by atoms with van der Waals surface area (Å²) in [6.07, 6.45) is -0.577. The predicted molar refractivity (Wildman–Crippen MR) is 83.6 cm³/mol. The summed E-state index contributed by atoms with van der Waals surface area (Å²) in [5.41, 5.74) is 0.419. The van der Waals surface area contributed by atoms with Gasteiger partial charge in [-0.25, -0.2) is 4.79 Å². The number of ether oxygens (including phenoxy) is 1. The Morgan fingerprint density at radius 2 is 2.30 bits per heavy atom. The van der Waals surface area contributed by atoms with Gasteiger partial charge in [0, 0.05) is 13.1 Å². The summed E-state index contributed by atoms with van der Waals surface area (Å²) in [6, 6.07) is 4.98. The fourth-order valence-corrected chi connectivity index (χ4v) is 2.35. The lowest BCUT2D eigenvalue weighted by molar-refractivity contribution is 0.154. The number of thiocarbonyl (C=S) groups is 1. The zero-order valence-corrected chi connectivity index (χ0v) is 12.8. The minimum absolute atomic E-state index is 0.242. The van der Waals surface area contributed by atoms with Crippen molar-refractivity contribution in [3.63, 3.8) is 0 Å². The van der Waals surface area contributed by atoms with Crippen LogP contribution in [0.5, 0.6) is 0 Å². The highest BCUT2D eigenvalue weighted by Gasteiger charge is 2.16. The van der Waals surface area contributed by atoms with E-state index >= 15 is 0 Å². The Balaban J connectivity index is 1.78. The largest absolute Gasteiger partial charge is 0.447 e. The van der Waals surface area contributed by atoms with Crippen LogP contribution in [0.3, 0.4) is 0 Å². The zero-order valence-electron chi connectivity index (χ0n) is 10.5. The van der Waals surface area contributed by atoms with E-state index < -0.39 is 6.09 Å². The Labute approximate surface area is 132 Å². The van der Waals surface area contributed by atoms with Gasteiger partial charge in [0.1, 0.15) is 6.61 Å². The van der Waals surface area contributed by atoms with Gasteiger partial charge in [0.25, 0.3) is 0 Å². The van der Waals surface area contributed by atoms with Gasteiger partial charge < -0.3 is 15.0 Å². The molecule has 0 saturated carbocycles. The molecule has 1 aromatic carbocycles. The van der Waals surface area contributed by atoms with Crippen LogP contribution in [-0.4, -0.2) is 42.3 Å². The number of nitrogens with zero attached hydrogens (tertiary/aromatic N) is 1. The number of amides is 1. The molecule has 0 atom stereocenters. The topological polar surface area (TPSA) is 53.6 Å². The number of rotatable bonds is 4. The minimum atomic E-state index is -0.577. The van der Waals surface area contributed by atoms with E-state index in [2.05, 4.69) is 10.6 Å². The molecule has 0 unspecified atom stereocenters. The molecular weight excluding hydrogens is 321 g/mol. The van der Waals surface area contributed by atoms with E-state index in [0.717, 1.165) is 13.1 Å². The van der Waals surface area contributed by atoms with Gasteiger partial charge in [-0.3, -0.25) is 5.32 Å². The number of benzene rings is 1. The zero-order chi connectivity index (χ0) is 14.5. The molecule has 1 fully saturated rings. The van der Waals surface area contributed by atoms with Gasteiger partial charge in [-0.2, -0.15) is 0 Å². The lowest BCUT2D eigenvalue weighted by Crippen LogP contribution is -2.32. The molecule has 20 heavy (non-hydrogen) atoms. The van der Waals surface area contributed by atoms with Crippen LogP contribution in [0.4, 0.5) is 10.5 Å². The van der Waals surface area contributed by atoms with E-state index in [4.69, 9.17) is 40.2 Å². The molecule has 1 aromatic rings. The summed E-state index contributed by atoms with van der Waals surface area (Å²) >= 11 is 16.9. The second-order valence-corrected chi connectivity index (χ2v) is 5.25. The van der Waals surface area contributed by atoms with Gasteiger partial charge in [0.15, 0.2) is 5.11 Å². The molecule has 1 heterocycles. The predicted octanol–water partition coefficient (Wildman–Crippen LogP) is 2.73. The van der Waals surface area contributed by atoms with Gasteiger partial charge in [0.2, 0.25) is 0 Å². The molecule has 1 amide bonds. The van der Waals surface area contributed by atoms with Crippen molar-refractivity contribution in [1.29, 1.82) is 0 Å². The Kier molecular flexibility index (Phi) is 5.28. The first kappa shape index (κ1) is 15.2. The first-order valence-corrected chi connectivity index (χ1v) is 7.15. The molecule has 2 N–H and O–H groups in total. The van der Waals surface area contributed by atoms with Crippen molar-refractivity contribution in [3.05, 3.63) is 28.2 Å². The summed E-state index contributed by atoms with van der Waals surface area (Å²) in [7, 11) is 0. The van der Waals surface area contributed by atoms with E-state index in [1.807, 2.05) is 4.90 Å². The third-order valence-electron chi connectivity index (χ3n) is 2.73. The molecule has 1 saturated heterocycles. The van der Waals surface area contributed by atoms with Crippen LogP contribution in [0.15, 0.2) is 18.2 Å². The number of carbonyl (C=O) groups excluding carboxylic acids is 1. The van der Waals surface area contributed by atoms with Crippen LogP contribution >= 0.6 is 35.4 Å². The summed E-state index contributed by atoms with van der Waals surface area (Å²) in [4.78, 5) is 13.6. The van der Waals surface area contributed by atoms with Gasteiger partial charge in [0.05, 0.1) is 22.3 Å². The molecule has 1 aliphatic rings. The molecule has 2 rings (SSSR count). The Morgan fingerprint density at radius 3 is 3.00 bits per heavy atom. The first-order valence-electron chi connectivity index (χ1n) is 5.98. The SMILES string of the molecule is O=C(Nc1cccc(Cl)c1Cl)OCCN1CCNC1=S. The van der Waals surface area contributed by atoms with Crippen LogP contribution in [0, 0.1) is 0 Å². The molecule has 0 spiro atoms. The average molecular weight is 334 g/mol. The molecule has 0 radical (unpaired) electrons. The number of hydrogen-bond donors (Lipinski definition) is 2. The highest BCUT2D eigenvalue weighted by Crippen LogP contribution is 2.29. The Bertz CT molecular complexity index is 527. The Hall–Kier alpha value is -1.24. The molecule has 0 bridgehead atoms. The van der Waals surface area contributed by atoms with Gasteiger partial charge >= 0.3 is 6.09 Å². The fourth-order valence-electron chi connectivity index (χ4n) is 1.72. The second kappa shape index (κ2) is 6.97. The smallest absolute Gasteiger partial charge is 0.411 e. The van der Waals surface area contributed by atoms with E-state index in [0.29, 0.717) is 22.4 Å². The van der Waals surface area contributed by atoms with Crippen molar-refractivity contribution in [2.75, 3.05) is 31.6 Å². The van der Waals surface area contributed by atoms with Gasteiger partial charge in [-0.05, 0) is 24.4 Å². The van der Waals surface area contributed by atoms with E-state index in [1.54, 1.807) is 18.2 Å². The molecular formula is C12H13Cl2N3O2S. The van der Waals surface area contributed by atoms with Crippen molar-refractivity contribution in [2.24, 2.45) is 0 Å². The molecule has 5 nitrogen and oxygen atoms in total. The second-order valence-electron chi connectivity index (χ2n) is 4.08. The number of carbonyl (C=O) groups is 1. The number of nitrogens with one attached hydrogen (secondary N) is 2. The molecule has 108 valence electrons. The van der Waals surface area contributed by atoms with E-state index in [9.17, 15) is 4.79 Å². The van der Waals surface area contributed by atoms with Crippen molar-refractivity contribution in [2.45, 2.75) is 0 Å². The summed E-state index contributed by atoms with van der Waals surface area (Å²) in [5.74, 6) is 0. The van der Waals surface area contributed by atoms with Crippen molar-refractivity contribution < 1.29 is 9.53 Å². The highest BCUT2D eigenvalue weighted by molar-refractivity contribution is 7.80. The first-order chi connectivity index (χ1) is 9.58. The fraction of sp³-hybridized carbons (Fsp3) is 0.333. The van der Waals surface area contributed by atoms with E-state index in [-0.39, 0.29) is 11.6 Å². The summed E-state index contributed by atoms with van der Waals surface area (Å²) < 4.78 is 5.07. The monoisotopic (exact) mass is 333 g/mol. The van der Waals surface area contributed by atoms with E-state index in [1.165, 1.54) is 0 Å². The maximum absolute atomic E-state index is 11.6. The summed E-state index contributed by atoms with van der Waals surface area (Å²) in [5, 5.41) is 6.92. The standard InChI is InChI=1S/C12H13Cl2N3O2S/c13-8-2-1-3-9(10(8)14)16-12(18)19-7-6-17-5-4-15-11(17)20/h1-3H,4-7H2,(H,15,20)(H,16,18). The summed E-state index contributed by atoms with van der Waals surface area (Å²) in [6.45, 7) is 2.45. The minimum Gasteiger partial charge on any atom is -0.447 e. The van der Waals surface area contributed by atoms with Crippen LogP contribution in [-0.2, 0) is 4.74 Å². The van der Waals surface area contributed by atoms with Gasteiger partial charge in [-0.1, -0.05) is 29.3 Å². The quantitative estimate of drug-likeness (QED) is 0.830. The normalized spacial score (nSPS) is 14.1. The number of halogens is 2. The molecule has 1 aliphatic heterocycles. The molecule has 0 aliphatic carbocycles. The lowest BCUT2D eigenvalue weighted by atomic mass is 10.3.